The van der Waals surface area contributed by atoms with E-state index < -0.39 is 0 Å². The summed E-state index contributed by atoms with van der Waals surface area (Å²) in [4.78, 5) is 27.1. The number of fused-ring (bicyclic) bond motifs is 2. The monoisotopic (exact) mass is 354 g/mol. The fourth-order valence-electron chi connectivity index (χ4n) is 3.64. The molecule has 3 heterocycles. The van der Waals surface area contributed by atoms with Crippen LogP contribution in [0.1, 0.15) is 41.8 Å². The van der Waals surface area contributed by atoms with Crippen LogP contribution in [0.5, 0.6) is 0 Å². The van der Waals surface area contributed by atoms with E-state index in [1.807, 2.05) is 29.3 Å². The molecule has 0 saturated heterocycles. The first-order valence-corrected chi connectivity index (χ1v) is 8.83. The highest BCUT2D eigenvalue weighted by atomic mass is 35.5. The number of H-pyrrole nitrogens is 1. The van der Waals surface area contributed by atoms with Gasteiger partial charge < -0.3 is 9.88 Å². The first kappa shape index (κ1) is 16.1. The van der Waals surface area contributed by atoms with Crippen molar-refractivity contribution in [2.75, 3.05) is 6.54 Å². The number of benzene rings is 1. The molecule has 0 bridgehead atoms. The minimum absolute atomic E-state index is 0.00589. The molecule has 128 valence electrons. The maximum absolute atomic E-state index is 13.2. The van der Waals surface area contributed by atoms with Crippen molar-refractivity contribution in [3.05, 3.63) is 58.6 Å². The van der Waals surface area contributed by atoms with Crippen molar-refractivity contribution in [3.8, 4) is 0 Å². The van der Waals surface area contributed by atoms with Gasteiger partial charge in [-0.25, -0.2) is 4.98 Å². The SMILES string of the molecule is CC(C)C1c2cccnc2CCN1C(=O)c1nc2c(Cl)cccc2[nH]1. The first-order valence-electron chi connectivity index (χ1n) is 8.45. The van der Waals surface area contributed by atoms with Gasteiger partial charge in [0.05, 0.1) is 16.6 Å². The third kappa shape index (κ3) is 2.68. The number of carbonyl (C=O) groups is 1. The lowest BCUT2D eigenvalue weighted by Crippen LogP contribution is -2.43. The lowest BCUT2D eigenvalue weighted by atomic mass is 9.89. The number of pyridine rings is 1. The van der Waals surface area contributed by atoms with Crippen molar-refractivity contribution in [2.24, 2.45) is 5.92 Å². The summed E-state index contributed by atoms with van der Waals surface area (Å²) in [7, 11) is 0. The van der Waals surface area contributed by atoms with E-state index in [0.717, 1.165) is 23.2 Å². The van der Waals surface area contributed by atoms with Crippen LogP contribution in [0.3, 0.4) is 0 Å². The quantitative estimate of drug-likeness (QED) is 0.756. The zero-order valence-electron chi connectivity index (χ0n) is 14.2. The largest absolute Gasteiger partial charge is 0.334 e. The first-order chi connectivity index (χ1) is 12.1. The molecular formula is C19H19ClN4O. The van der Waals surface area contributed by atoms with Crippen LogP contribution >= 0.6 is 11.6 Å². The number of rotatable bonds is 2. The number of hydrogen-bond donors (Lipinski definition) is 1. The molecule has 25 heavy (non-hydrogen) atoms. The van der Waals surface area contributed by atoms with Crippen LogP contribution in [0.4, 0.5) is 0 Å². The average Bonchev–Trinajstić information content (AvgIpc) is 3.05. The number of para-hydroxylation sites is 1. The minimum atomic E-state index is -0.0968. The van der Waals surface area contributed by atoms with Gasteiger partial charge in [0, 0.05) is 24.9 Å². The number of amides is 1. The van der Waals surface area contributed by atoms with Gasteiger partial charge in [-0.1, -0.05) is 37.6 Å². The topological polar surface area (TPSA) is 61.9 Å². The van der Waals surface area contributed by atoms with E-state index in [9.17, 15) is 4.79 Å². The van der Waals surface area contributed by atoms with Crippen molar-refractivity contribution in [1.82, 2.24) is 19.9 Å². The zero-order chi connectivity index (χ0) is 17.6. The Balaban J connectivity index is 1.74. The molecule has 1 aliphatic rings. The number of nitrogens with zero attached hydrogens (tertiary/aromatic N) is 3. The minimum Gasteiger partial charge on any atom is -0.334 e. The van der Waals surface area contributed by atoms with Crippen LogP contribution in [0.2, 0.25) is 5.02 Å². The van der Waals surface area contributed by atoms with E-state index in [-0.39, 0.29) is 17.9 Å². The fourth-order valence-corrected chi connectivity index (χ4v) is 3.86. The molecule has 1 atom stereocenters. The zero-order valence-corrected chi connectivity index (χ0v) is 14.9. The highest BCUT2D eigenvalue weighted by Gasteiger charge is 2.35. The Morgan fingerprint density at radius 1 is 1.32 bits per heavy atom. The van der Waals surface area contributed by atoms with E-state index in [0.29, 0.717) is 22.9 Å². The van der Waals surface area contributed by atoms with Gasteiger partial charge >= 0.3 is 0 Å². The van der Waals surface area contributed by atoms with Crippen LogP contribution in [0.15, 0.2) is 36.5 Å². The molecule has 1 aromatic carbocycles. The predicted octanol–water partition coefficient (Wildman–Crippen LogP) is 4.01. The Kier molecular flexibility index (Phi) is 3.96. The molecule has 4 rings (SSSR count). The summed E-state index contributed by atoms with van der Waals surface area (Å²) in [6.07, 6.45) is 2.57. The number of nitrogens with one attached hydrogen (secondary N) is 1. The van der Waals surface area contributed by atoms with Gasteiger partial charge in [-0.05, 0) is 29.7 Å². The molecule has 1 aliphatic heterocycles. The van der Waals surface area contributed by atoms with Gasteiger partial charge in [0.2, 0.25) is 0 Å². The second-order valence-corrected chi connectivity index (χ2v) is 7.11. The van der Waals surface area contributed by atoms with Crippen molar-refractivity contribution >= 4 is 28.5 Å². The van der Waals surface area contributed by atoms with Crippen molar-refractivity contribution in [3.63, 3.8) is 0 Å². The molecule has 0 fully saturated rings. The van der Waals surface area contributed by atoms with Gasteiger partial charge in [0.1, 0.15) is 5.52 Å². The number of hydrogen-bond acceptors (Lipinski definition) is 3. The van der Waals surface area contributed by atoms with E-state index in [2.05, 4.69) is 34.9 Å². The molecule has 1 amide bonds. The molecule has 2 aromatic heterocycles. The third-order valence-electron chi connectivity index (χ3n) is 4.73. The summed E-state index contributed by atoms with van der Waals surface area (Å²) in [5.41, 5.74) is 3.62. The number of halogens is 1. The summed E-state index contributed by atoms with van der Waals surface area (Å²) in [6.45, 7) is 4.89. The molecular weight excluding hydrogens is 336 g/mol. The maximum Gasteiger partial charge on any atom is 0.290 e. The Bertz CT molecular complexity index is 950. The van der Waals surface area contributed by atoms with Crippen molar-refractivity contribution < 1.29 is 4.79 Å². The highest BCUT2D eigenvalue weighted by molar-refractivity contribution is 6.35. The summed E-state index contributed by atoms with van der Waals surface area (Å²) in [5.74, 6) is 0.515. The van der Waals surface area contributed by atoms with Gasteiger partial charge in [0.25, 0.3) is 5.91 Å². The van der Waals surface area contributed by atoms with Gasteiger partial charge in [-0.2, -0.15) is 0 Å². The molecule has 5 nitrogen and oxygen atoms in total. The van der Waals surface area contributed by atoms with Crippen LogP contribution in [-0.2, 0) is 6.42 Å². The number of imidazole rings is 1. The highest BCUT2D eigenvalue weighted by Crippen LogP contribution is 2.35. The Hall–Kier alpha value is -2.40. The fraction of sp³-hybridized carbons (Fsp3) is 0.316. The summed E-state index contributed by atoms with van der Waals surface area (Å²) in [6, 6.07) is 9.50. The van der Waals surface area contributed by atoms with Crippen LogP contribution in [-0.4, -0.2) is 32.3 Å². The standard InChI is InChI=1S/C19H19ClN4O/c1-11(2)17-12-5-4-9-21-14(12)8-10-24(17)19(25)18-22-15-7-3-6-13(20)16(15)23-18/h3-7,9,11,17H,8,10H2,1-2H3,(H,22,23). The Morgan fingerprint density at radius 2 is 2.16 bits per heavy atom. The molecule has 1 unspecified atom stereocenters. The van der Waals surface area contributed by atoms with Crippen molar-refractivity contribution in [1.29, 1.82) is 0 Å². The predicted molar refractivity (Wildman–Crippen MR) is 97.7 cm³/mol. The average molecular weight is 355 g/mol. The molecule has 0 spiro atoms. The van der Waals surface area contributed by atoms with Crippen LogP contribution in [0.25, 0.3) is 11.0 Å². The van der Waals surface area contributed by atoms with Gasteiger partial charge in [-0.15, -0.1) is 0 Å². The van der Waals surface area contributed by atoms with Gasteiger partial charge in [-0.3, -0.25) is 9.78 Å². The number of carbonyl (C=O) groups excluding carboxylic acids is 1. The van der Waals surface area contributed by atoms with Crippen LogP contribution in [0, 0.1) is 5.92 Å². The Labute approximate surface area is 151 Å². The summed E-state index contributed by atoms with van der Waals surface area (Å²) >= 11 is 6.19. The number of aromatic nitrogens is 3. The molecule has 3 aromatic rings. The second-order valence-electron chi connectivity index (χ2n) is 6.70. The van der Waals surface area contributed by atoms with E-state index in [1.54, 1.807) is 6.07 Å². The normalized spacial score (nSPS) is 17.1. The maximum atomic E-state index is 13.2. The van der Waals surface area contributed by atoms with Crippen molar-refractivity contribution in [2.45, 2.75) is 26.3 Å². The molecule has 0 aliphatic carbocycles. The van der Waals surface area contributed by atoms with E-state index in [1.165, 1.54) is 0 Å². The molecule has 0 saturated carbocycles. The second kappa shape index (κ2) is 6.15. The van der Waals surface area contributed by atoms with E-state index >= 15 is 0 Å². The smallest absolute Gasteiger partial charge is 0.290 e. The van der Waals surface area contributed by atoms with E-state index in [4.69, 9.17) is 11.6 Å². The van der Waals surface area contributed by atoms with Crippen LogP contribution < -0.4 is 0 Å². The Morgan fingerprint density at radius 3 is 2.92 bits per heavy atom. The number of aromatic amines is 1. The summed E-state index contributed by atoms with van der Waals surface area (Å²) in [5, 5.41) is 0.543. The lowest BCUT2D eigenvalue weighted by Gasteiger charge is -2.38. The third-order valence-corrected chi connectivity index (χ3v) is 5.03. The summed E-state index contributed by atoms with van der Waals surface area (Å²) < 4.78 is 0. The molecule has 6 heteroatoms. The molecule has 1 N–H and O–H groups in total. The molecule has 0 radical (unpaired) electrons. The lowest BCUT2D eigenvalue weighted by molar-refractivity contribution is 0.0590. The van der Waals surface area contributed by atoms with Gasteiger partial charge in [0.15, 0.2) is 5.82 Å².